The molecule has 0 heterocycles. The monoisotopic (exact) mass is 925 g/mol. The molecule has 0 aliphatic carbocycles. The molecule has 0 aliphatic rings. The summed E-state index contributed by atoms with van der Waals surface area (Å²) >= 11 is 0. The van der Waals surface area contributed by atoms with E-state index in [2.05, 4.69) is 63.3 Å². The van der Waals surface area contributed by atoms with Crippen molar-refractivity contribution in [3.8, 4) is 0 Å². The number of ether oxygens (including phenoxy) is 3. The summed E-state index contributed by atoms with van der Waals surface area (Å²) in [4.78, 5) is 38.1. The highest BCUT2D eigenvalue weighted by molar-refractivity contribution is 5.71. The minimum Gasteiger partial charge on any atom is -0.462 e. The van der Waals surface area contributed by atoms with Crippen molar-refractivity contribution in [2.75, 3.05) is 13.2 Å². The zero-order chi connectivity index (χ0) is 47.9. The molecule has 6 heteroatoms. The first-order chi connectivity index (χ1) is 32.5. The van der Waals surface area contributed by atoms with E-state index in [-0.39, 0.29) is 37.5 Å². The summed E-state index contributed by atoms with van der Waals surface area (Å²) in [6.07, 6.45) is 66.9. The summed E-state index contributed by atoms with van der Waals surface area (Å²) in [6.45, 7) is 6.59. The van der Waals surface area contributed by atoms with Crippen LogP contribution in [0.4, 0.5) is 0 Å². The van der Waals surface area contributed by atoms with Gasteiger partial charge in [0.1, 0.15) is 13.2 Å². The molecule has 384 valence electrons. The van der Waals surface area contributed by atoms with Crippen LogP contribution < -0.4 is 0 Å². The van der Waals surface area contributed by atoms with Gasteiger partial charge in [-0.1, -0.05) is 236 Å². The Morgan fingerprint density at radius 1 is 0.303 bits per heavy atom. The van der Waals surface area contributed by atoms with Crippen LogP contribution in [-0.4, -0.2) is 37.2 Å². The third kappa shape index (κ3) is 52.3. The molecule has 0 saturated heterocycles. The Labute approximate surface area is 409 Å². The Hall–Kier alpha value is -2.63. The number of hydrogen-bond donors (Lipinski definition) is 0. The third-order valence-corrected chi connectivity index (χ3v) is 12.5. The quantitative estimate of drug-likeness (QED) is 0.0262. The Morgan fingerprint density at radius 3 is 0.939 bits per heavy atom. The maximum absolute atomic E-state index is 12.8. The molecule has 0 saturated carbocycles. The summed E-state index contributed by atoms with van der Waals surface area (Å²) in [6, 6.07) is 0. The summed E-state index contributed by atoms with van der Waals surface area (Å²) in [5.41, 5.74) is 0. The number of hydrogen-bond acceptors (Lipinski definition) is 6. The normalized spacial score (nSPS) is 12.3. The van der Waals surface area contributed by atoms with Crippen molar-refractivity contribution < 1.29 is 28.6 Å². The number of rotatable bonds is 52. The van der Waals surface area contributed by atoms with Crippen molar-refractivity contribution in [3.63, 3.8) is 0 Å². The second-order valence-corrected chi connectivity index (χ2v) is 19.2. The first-order valence-corrected chi connectivity index (χ1v) is 28.6. The molecule has 0 N–H and O–H groups in total. The van der Waals surface area contributed by atoms with Gasteiger partial charge in [0.15, 0.2) is 6.10 Å². The molecular formula is C60H108O6. The van der Waals surface area contributed by atoms with Gasteiger partial charge in [0, 0.05) is 19.3 Å². The lowest BCUT2D eigenvalue weighted by Gasteiger charge is -2.18. The molecule has 0 aromatic rings. The van der Waals surface area contributed by atoms with Gasteiger partial charge in [-0.15, -0.1) is 0 Å². The van der Waals surface area contributed by atoms with E-state index in [4.69, 9.17) is 14.2 Å². The van der Waals surface area contributed by atoms with Crippen LogP contribution in [0.1, 0.15) is 297 Å². The summed E-state index contributed by atoms with van der Waals surface area (Å²) < 4.78 is 16.8. The van der Waals surface area contributed by atoms with Crippen LogP contribution in [0.3, 0.4) is 0 Å². The van der Waals surface area contributed by atoms with Crippen molar-refractivity contribution in [1.29, 1.82) is 0 Å². The fourth-order valence-corrected chi connectivity index (χ4v) is 8.19. The lowest BCUT2D eigenvalue weighted by atomic mass is 10.1. The largest absolute Gasteiger partial charge is 0.462 e. The van der Waals surface area contributed by atoms with Crippen LogP contribution in [0, 0.1) is 0 Å². The number of allylic oxidation sites excluding steroid dienone is 8. The van der Waals surface area contributed by atoms with Gasteiger partial charge in [-0.2, -0.15) is 0 Å². The molecule has 0 rings (SSSR count). The fourth-order valence-electron chi connectivity index (χ4n) is 8.19. The van der Waals surface area contributed by atoms with Crippen molar-refractivity contribution in [2.45, 2.75) is 303 Å². The van der Waals surface area contributed by atoms with Crippen LogP contribution >= 0.6 is 0 Å². The van der Waals surface area contributed by atoms with E-state index in [1.807, 2.05) is 6.08 Å². The first-order valence-electron chi connectivity index (χ1n) is 28.6. The van der Waals surface area contributed by atoms with Gasteiger partial charge in [-0.25, -0.2) is 0 Å². The number of carbonyl (C=O) groups is 3. The summed E-state index contributed by atoms with van der Waals surface area (Å²) in [7, 11) is 0. The van der Waals surface area contributed by atoms with Gasteiger partial charge in [-0.05, 0) is 89.9 Å². The summed E-state index contributed by atoms with van der Waals surface area (Å²) in [5.74, 6) is -0.966. The van der Waals surface area contributed by atoms with Crippen LogP contribution in [0.5, 0.6) is 0 Å². The highest BCUT2D eigenvalue weighted by Crippen LogP contribution is 2.15. The lowest BCUT2D eigenvalue weighted by molar-refractivity contribution is -0.166. The van der Waals surface area contributed by atoms with Gasteiger partial charge in [-0.3, -0.25) is 14.4 Å². The standard InChI is InChI=1S/C60H108O6/c1-4-7-10-13-16-19-22-25-27-29-30-31-33-35-38-41-44-47-50-53-59(62)65-56-57(55-64-58(61)52-49-46-43-40-37-34-24-21-18-15-12-9-6-3)66-60(63)54-51-48-45-42-39-36-32-28-26-23-20-17-14-11-8-5-2/h28-30,32,34,37,43,46,57H,4-27,31,33,35-36,38-42,44-45,47-56H2,1-3H3/b30-29+,32-28+,37-34+,46-43+. The molecule has 0 spiro atoms. The Kier molecular flexibility index (Phi) is 52.8. The Morgan fingerprint density at radius 2 is 0.576 bits per heavy atom. The van der Waals surface area contributed by atoms with Crippen molar-refractivity contribution >= 4 is 17.9 Å². The Balaban J connectivity index is 4.40. The van der Waals surface area contributed by atoms with Gasteiger partial charge in [0.2, 0.25) is 0 Å². The average Bonchev–Trinajstić information content (AvgIpc) is 3.31. The second kappa shape index (κ2) is 55.0. The maximum atomic E-state index is 12.8. The van der Waals surface area contributed by atoms with E-state index in [1.54, 1.807) is 0 Å². The highest BCUT2D eigenvalue weighted by atomic mass is 16.6. The number of unbranched alkanes of at least 4 members (excludes halogenated alkanes) is 33. The predicted octanol–water partition coefficient (Wildman–Crippen LogP) is 19.0. The van der Waals surface area contributed by atoms with E-state index in [1.165, 1.54) is 186 Å². The van der Waals surface area contributed by atoms with Crippen LogP contribution in [0.25, 0.3) is 0 Å². The van der Waals surface area contributed by atoms with Crippen molar-refractivity contribution in [2.24, 2.45) is 0 Å². The fraction of sp³-hybridized carbons (Fsp3) is 0.817. The van der Waals surface area contributed by atoms with E-state index in [0.717, 1.165) is 64.2 Å². The van der Waals surface area contributed by atoms with Gasteiger partial charge >= 0.3 is 17.9 Å². The van der Waals surface area contributed by atoms with Crippen molar-refractivity contribution in [1.82, 2.24) is 0 Å². The van der Waals surface area contributed by atoms with Crippen LogP contribution in [-0.2, 0) is 28.6 Å². The van der Waals surface area contributed by atoms with E-state index in [9.17, 15) is 14.4 Å². The molecule has 0 aromatic heterocycles. The number of carbonyl (C=O) groups excluding carboxylic acids is 3. The van der Waals surface area contributed by atoms with Crippen molar-refractivity contribution in [3.05, 3.63) is 48.6 Å². The zero-order valence-electron chi connectivity index (χ0n) is 44.0. The highest BCUT2D eigenvalue weighted by Gasteiger charge is 2.19. The van der Waals surface area contributed by atoms with Gasteiger partial charge < -0.3 is 14.2 Å². The molecule has 66 heavy (non-hydrogen) atoms. The topological polar surface area (TPSA) is 78.9 Å². The third-order valence-electron chi connectivity index (χ3n) is 12.5. The summed E-state index contributed by atoms with van der Waals surface area (Å²) in [5, 5.41) is 0. The predicted molar refractivity (Wildman–Crippen MR) is 284 cm³/mol. The molecule has 0 aromatic carbocycles. The maximum Gasteiger partial charge on any atom is 0.306 e. The van der Waals surface area contributed by atoms with Gasteiger partial charge in [0.25, 0.3) is 0 Å². The molecule has 1 atom stereocenters. The number of esters is 3. The molecule has 0 aliphatic heterocycles. The van der Waals surface area contributed by atoms with Crippen LogP contribution in [0.15, 0.2) is 48.6 Å². The van der Waals surface area contributed by atoms with E-state index in [0.29, 0.717) is 19.3 Å². The minimum atomic E-state index is -0.800. The van der Waals surface area contributed by atoms with E-state index >= 15 is 0 Å². The molecule has 0 radical (unpaired) electrons. The van der Waals surface area contributed by atoms with Gasteiger partial charge in [0.05, 0.1) is 0 Å². The molecule has 1 unspecified atom stereocenters. The second-order valence-electron chi connectivity index (χ2n) is 19.2. The zero-order valence-corrected chi connectivity index (χ0v) is 44.0. The smallest absolute Gasteiger partial charge is 0.306 e. The molecule has 0 bridgehead atoms. The van der Waals surface area contributed by atoms with E-state index < -0.39 is 6.10 Å². The SMILES string of the molecule is CCCCCCCC/C=C/C/C=C/CCC(=O)OCC(COC(=O)CCCCCCCCC/C=C/CCCCCCCCCC)OC(=O)CCCCCCC/C=C/CCCCCCCCC. The molecule has 0 fully saturated rings. The molecular weight excluding hydrogens is 817 g/mol. The van der Waals surface area contributed by atoms with Crippen LogP contribution in [0.2, 0.25) is 0 Å². The Bertz CT molecular complexity index is 1150. The minimum absolute atomic E-state index is 0.0944. The molecule has 0 amide bonds. The molecule has 6 nitrogen and oxygen atoms in total. The first kappa shape index (κ1) is 63.4. The lowest BCUT2D eigenvalue weighted by Crippen LogP contribution is -2.30. The average molecular weight is 926 g/mol.